The minimum absolute atomic E-state index is 0.0443. The molecule has 1 unspecified atom stereocenters. The molecule has 2 N–H and O–H groups in total. The van der Waals surface area contributed by atoms with Crippen LogP contribution in [0.5, 0.6) is 0 Å². The molecule has 0 bridgehead atoms. The van der Waals surface area contributed by atoms with Gasteiger partial charge in [-0.3, -0.25) is 9.89 Å². The highest BCUT2D eigenvalue weighted by molar-refractivity contribution is 7.90. The van der Waals surface area contributed by atoms with E-state index in [2.05, 4.69) is 34.6 Å². The third-order valence-electron chi connectivity index (χ3n) is 4.48. The molecule has 8 nitrogen and oxygen atoms in total. The van der Waals surface area contributed by atoms with Crippen LogP contribution in [0.1, 0.15) is 22.7 Å². The van der Waals surface area contributed by atoms with E-state index in [-0.39, 0.29) is 18.4 Å². The summed E-state index contributed by atoms with van der Waals surface area (Å²) in [5, 5.41) is 6.52. The molecule has 0 aliphatic carbocycles. The lowest BCUT2D eigenvalue weighted by molar-refractivity contribution is 0.0186. The highest BCUT2D eigenvalue weighted by Crippen LogP contribution is 2.28. The molecule has 0 saturated carbocycles. The van der Waals surface area contributed by atoms with Gasteiger partial charge in [-0.25, -0.2) is 8.42 Å². The average molecular weight is 447 g/mol. The summed E-state index contributed by atoms with van der Waals surface area (Å²) in [6, 6.07) is 4.60. The lowest BCUT2D eigenvalue weighted by Gasteiger charge is -2.33. The van der Waals surface area contributed by atoms with Crippen molar-refractivity contribution in [3.63, 3.8) is 0 Å². The number of nitrogens with one attached hydrogen (secondary N) is 2. The summed E-state index contributed by atoms with van der Waals surface area (Å²) in [5.41, 5.74) is 0. The fourth-order valence-corrected chi connectivity index (χ4v) is 4.40. The summed E-state index contributed by atoms with van der Waals surface area (Å²) < 4.78 is 33.1. The van der Waals surface area contributed by atoms with Crippen LogP contribution in [-0.2, 0) is 19.3 Å². The van der Waals surface area contributed by atoms with E-state index in [0.717, 1.165) is 38.8 Å². The van der Waals surface area contributed by atoms with Gasteiger partial charge in [0, 0.05) is 42.2 Å². The summed E-state index contributed by atoms with van der Waals surface area (Å²) in [4.78, 5) is 9.87. The number of thiophene rings is 1. The maximum absolute atomic E-state index is 11.1. The molecular weight excluding hydrogens is 412 g/mol. The van der Waals surface area contributed by atoms with Crippen molar-refractivity contribution in [1.82, 2.24) is 15.5 Å². The first-order valence-corrected chi connectivity index (χ1v) is 12.9. The Bertz CT molecular complexity index is 730. The van der Waals surface area contributed by atoms with Gasteiger partial charge in [0.15, 0.2) is 5.96 Å². The zero-order valence-corrected chi connectivity index (χ0v) is 19.3. The van der Waals surface area contributed by atoms with Gasteiger partial charge < -0.3 is 20.1 Å². The molecule has 0 radical (unpaired) electrons. The quantitative estimate of drug-likeness (QED) is 0.298. The van der Waals surface area contributed by atoms with E-state index in [1.54, 1.807) is 0 Å². The summed E-state index contributed by atoms with van der Waals surface area (Å²) >= 11 is 1.82. The smallest absolute Gasteiger partial charge is 0.191 e. The van der Waals surface area contributed by atoms with Gasteiger partial charge in [-0.05, 0) is 26.0 Å². The standard InChI is InChI=1S/C19H34N4O4S2/c1-4-20-19(21-7-10-26-13-14-29(3,24)25)22-15-17(18-6-5-16(2)28-18)23-8-11-27-12-9-23/h5-6,17H,4,7-15H2,1-3H3,(H2,20,21,22). The normalized spacial score (nSPS) is 17.3. The van der Waals surface area contributed by atoms with Gasteiger partial charge in [-0.2, -0.15) is 0 Å². The van der Waals surface area contributed by atoms with E-state index in [4.69, 9.17) is 14.5 Å². The van der Waals surface area contributed by atoms with Crippen molar-refractivity contribution in [3.8, 4) is 0 Å². The molecule has 1 aliphatic rings. The largest absolute Gasteiger partial charge is 0.379 e. The number of nitrogens with zero attached hydrogens (tertiary/aromatic N) is 2. The third kappa shape index (κ3) is 9.43. The molecule has 1 saturated heterocycles. The molecule has 1 atom stereocenters. The van der Waals surface area contributed by atoms with Gasteiger partial charge in [0.1, 0.15) is 9.84 Å². The molecule has 0 amide bonds. The molecule has 29 heavy (non-hydrogen) atoms. The van der Waals surface area contributed by atoms with Crippen molar-refractivity contribution in [1.29, 1.82) is 0 Å². The van der Waals surface area contributed by atoms with Crippen LogP contribution in [0, 0.1) is 6.92 Å². The minimum atomic E-state index is -2.98. The van der Waals surface area contributed by atoms with Crippen molar-refractivity contribution < 1.29 is 17.9 Å². The Balaban J connectivity index is 1.90. The number of morpholine rings is 1. The van der Waals surface area contributed by atoms with Crippen molar-refractivity contribution in [2.75, 3.05) is 71.2 Å². The zero-order chi connectivity index (χ0) is 21.1. The fraction of sp³-hybridized carbons (Fsp3) is 0.737. The zero-order valence-electron chi connectivity index (χ0n) is 17.6. The summed E-state index contributed by atoms with van der Waals surface area (Å²) in [6.07, 6.45) is 1.21. The molecule has 2 rings (SSSR count). The lowest BCUT2D eigenvalue weighted by atomic mass is 10.2. The molecule has 1 aromatic heterocycles. The number of guanidine groups is 1. The Kier molecular flexibility index (Phi) is 10.4. The van der Waals surface area contributed by atoms with Gasteiger partial charge in [-0.1, -0.05) is 0 Å². The number of hydrogen-bond acceptors (Lipinski definition) is 7. The SMILES string of the molecule is CCNC(=NCC(c1ccc(C)s1)N1CCOCC1)NCCOCCS(C)(=O)=O. The number of sulfone groups is 1. The lowest BCUT2D eigenvalue weighted by Crippen LogP contribution is -2.42. The first-order chi connectivity index (χ1) is 13.9. The summed E-state index contributed by atoms with van der Waals surface area (Å²) in [7, 11) is -2.98. The number of aliphatic imine (C=N–C) groups is 1. The second kappa shape index (κ2) is 12.5. The topological polar surface area (TPSA) is 92.3 Å². The number of rotatable bonds is 11. The van der Waals surface area contributed by atoms with E-state index in [0.29, 0.717) is 19.7 Å². The van der Waals surface area contributed by atoms with Crippen LogP contribution in [0.2, 0.25) is 0 Å². The molecule has 1 aromatic rings. The van der Waals surface area contributed by atoms with E-state index in [1.165, 1.54) is 16.0 Å². The van der Waals surface area contributed by atoms with E-state index < -0.39 is 9.84 Å². The molecule has 1 aliphatic heterocycles. The van der Waals surface area contributed by atoms with Gasteiger partial charge in [0.2, 0.25) is 0 Å². The second-order valence-corrected chi connectivity index (χ2v) is 10.6. The van der Waals surface area contributed by atoms with Crippen LogP contribution in [0.3, 0.4) is 0 Å². The van der Waals surface area contributed by atoms with Crippen molar-refractivity contribution in [2.24, 2.45) is 4.99 Å². The highest BCUT2D eigenvalue weighted by atomic mass is 32.2. The fourth-order valence-electron chi connectivity index (χ4n) is 2.98. The van der Waals surface area contributed by atoms with Crippen LogP contribution in [0.15, 0.2) is 17.1 Å². The van der Waals surface area contributed by atoms with Gasteiger partial charge in [0.05, 0.1) is 44.8 Å². The average Bonchev–Trinajstić information content (AvgIpc) is 3.10. The maximum atomic E-state index is 11.1. The Hall–Kier alpha value is -1.20. The van der Waals surface area contributed by atoms with Crippen molar-refractivity contribution >= 4 is 27.1 Å². The molecule has 10 heteroatoms. The first-order valence-electron chi connectivity index (χ1n) is 10.0. The van der Waals surface area contributed by atoms with Crippen LogP contribution in [0.25, 0.3) is 0 Å². The molecule has 1 fully saturated rings. The van der Waals surface area contributed by atoms with Crippen LogP contribution >= 0.6 is 11.3 Å². The van der Waals surface area contributed by atoms with Crippen LogP contribution in [0.4, 0.5) is 0 Å². The van der Waals surface area contributed by atoms with E-state index >= 15 is 0 Å². The molecule has 2 heterocycles. The Labute approximate surface area is 178 Å². The Morgan fingerprint density at radius 3 is 2.69 bits per heavy atom. The molecule has 166 valence electrons. The number of hydrogen-bond donors (Lipinski definition) is 2. The van der Waals surface area contributed by atoms with Gasteiger partial charge in [0.25, 0.3) is 0 Å². The van der Waals surface area contributed by atoms with E-state index in [9.17, 15) is 8.42 Å². The highest BCUT2D eigenvalue weighted by Gasteiger charge is 2.23. The Morgan fingerprint density at radius 2 is 2.07 bits per heavy atom. The van der Waals surface area contributed by atoms with Gasteiger partial charge >= 0.3 is 0 Å². The van der Waals surface area contributed by atoms with Crippen molar-refractivity contribution in [3.05, 3.63) is 21.9 Å². The third-order valence-corrected chi connectivity index (χ3v) is 6.49. The minimum Gasteiger partial charge on any atom is -0.379 e. The second-order valence-electron chi connectivity index (χ2n) is 7.00. The molecular formula is C19H34N4O4S2. The number of aryl methyl sites for hydroxylation is 1. The molecule has 0 aromatic carbocycles. The van der Waals surface area contributed by atoms with Crippen molar-refractivity contribution in [2.45, 2.75) is 19.9 Å². The van der Waals surface area contributed by atoms with Crippen LogP contribution < -0.4 is 10.6 Å². The predicted octanol–water partition coefficient (Wildman–Crippen LogP) is 1.05. The summed E-state index contributed by atoms with van der Waals surface area (Å²) in [6.45, 7) is 10.1. The van der Waals surface area contributed by atoms with Gasteiger partial charge in [-0.15, -0.1) is 11.3 Å². The Morgan fingerprint density at radius 1 is 1.31 bits per heavy atom. The molecule has 0 spiro atoms. The maximum Gasteiger partial charge on any atom is 0.191 e. The monoisotopic (exact) mass is 446 g/mol. The van der Waals surface area contributed by atoms with Crippen LogP contribution in [-0.4, -0.2) is 90.4 Å². The first kappa shape index (κ1) is 24.1. The number of ether oxygens (including phenoxy) is 2. The summed E-state index contributed by atoms with van der Waals surface area (Å²) in [5.74, 6) is 0.786. The predicted molar refractivity (Wildman–Crippen MR) is 119 cm³/mol. The van der Waals surface area contributed by atoms with E-state index in [1.807, 2.05) is 18.3 Å².